The molecule has 5 nitrogen and oxygen atoms in total. The molecule has 0 aliphatic carbocycles. The minimum atomic E-state index is -0.390. The normalized spacial score (nSPS) is 18.1. The van der Waals surface area contributed by atoms with Crippen LogP contribution in [0.25, 0.3) is 6.08 Å². The number of carbonyl (C=O) groups is 1. The number of nitriles is 1. The minimum absolute atomic E-state index is 0.0532. The van der Waals surface area contributed by atoms with E-state index in [4.69, 9.17) is 14.7 Å². The van der Waals surface area contributed by atoms with Gasteiger partial charge in [0.1, 0.15) is 17.4 Å². The zero-order valence-corrected chi connectivity index (χ0v) is 12.0. The highest BCUT2D eigenvalue weighted by Crippen LogP contribution is 2.20. The molecule has 1 fully saturated rings. The lowest BCUT2D eigenvalue weighted by Gasteiger charge is -2.10. The van der Waals surface area contributed by atoms with Crippen LogP contribution in [0.4, 0.5) is 0 Å². The average Bonchev–Trinajstić information content (AvgIpc) is 3.04. The van der Waals surface area contributed by atoms with Crippen molar-refractivity contribution >= 4 is 12.0 Å². The van der Waals surface area contributed by atoms with Gasteiger partial charge in [-0.3, -0.25) is 4.79 Å². The Balaban J connectivity index is 2.05. The van der Waals surface area contributed by atoms with Gasteiger partial charge in [-0.1, -0.05) is 18.2 Å². The molecule has 1 N–H and O–H groups in total. The van der Waals surface area contributed by atoms with E-state index >= 15 is 0 Å². The van der Waals surface area contributed by atoms with Gasteiger partial charge in [0.2, 0.25) is 0 Å². The van der Waals surface area contributed by atoms with Crippen LogP contribution < -0.4 is 10.1 Å². The van der Waals surface area contributed by atoms with E-state index in [2.05, 4.69) is 5.32 Å². The minimum Gasteiger partial charge on any atom is -0.496 e. The zero-order chi connectivity index (χ0) is 15.1. The lowest BCUT2D eigenvalue weighted by molar-refractivity contribution is -0.117. The van der Waals surface area contributed by atoms with Gasteiger partial charge < -0.3 is 14.8 Å². The van der Waals surface area contributed by atoms with Gasteiger partial charge in [0.05, 0.1) is 13.2 Å². The van der Waals surface area contributed by atoms with Crippen LogP contribution in [0.5, 0.6) is 5.75 Å². The van der Waals surface area contributed by atoms with Gasteiger partial charge >= 0.3 is 0 Å². The standard InChI is InChI=1S/C16H18N2O3/c1-20-15-7-3-2-5-12(15)9-13(10-17)16(19)18-11-14-6-4-8-21-14/h2-3,5,7,9,14H,4,6,8,11H2,1H3,(H,18,19). The summed E-state index contributed by atoms with van der Waals surface area (Å²) in [6, 6.07) is 9.17. The summed E-state index contributed by atoms with van der Waals surface area (Å²) in [5.41, 5.74) is 0.751. The third kappa shape index (κ3) is 4.07. The highest BCUT2D eigenvalue weighted by Gasteiger charge is 2.17. The van der Waals surface area contributed by atoms with E-state index in [-0.39, 0.29) is 17.6 Å². The second-order valence-corrected chi connectivity index (χ2v) is 4.76. The summed E-state index contributed by atoms with van der Waals surface area (Å²) in [6.07, 6.45) is 3.55. The van der Waals surface area contributed by atoms with Gasteiger partial charge in [-0.15, -0.1) is 0 Å². The van der Waals surface area contributed by atoms with Crippen LogP contribution in [0.2, 0.25) is 0 Å². The molecule has 1 unspecified atom stereocenters. The van der Waals surface area contributed by atoms with E-state index in [1.807, 2.05) is 18.2 Å². The largest absolute Gasteiger partial charge is 0.496 e. The second kappa shape index (κ2) is 7.46. The van der Waals surface area contributed by atoms with Crippen LogP contribution in [-0.2, 0) is 9.53 Å². The molecule has 1 aromatic rings. The molecule has 1 amide bonds. The summed E-state index contributed by atoms with van der Waals surface area (Å²) in [6.45, 7) is 1.17. The van der Waals surface area contributed by atoms with Crippen molar-refractivity contribution in [2.75, 3.05) is 20.3 Å². The summed E-state index contributed by atoms with van der Waals surface area (Å²) >= 11 is 0. The van der Waals surface area contributed by atoms with Crippen LogP contribution in [0.3, 0.4) is 0 Å². The second-order valence-electron chi connectivity index (χ2n) is 4.76. The Morgan fingerprint density at radius 2 is 2.38 bits per heavy atom. The van der Waals surface area contributed by atoms with Crippen molar-refractivity contribution in [1.82, 2.24) is 5.32 Å². The molecule has 21 heavy (non-hydrogen) atoms. The van der Waals surface area contributed by atoms with E-state index in [0.717, 1.165) is 19.4 Å². The third-order valence-electron chi connectivity index (χ3n) is 3.32. The highest BCUT2D eigenvalue weighted by atomic mass is 16.5. The van der Waals surface area contributed by atoms with E-state index < -0.39 is 0 Å². The van der Waals surface area contributed by atoms with E-state index in [9.17, 15) is 4.79 Å². The fourth-order valence-corrected chi connectivity index (χ4v) is 2.20. The molecule has 1 aliphatic rings. The summed E-state index contributed by atoms with van der Waals surface area (Å²) in [4.78, 5) is 12.0. The first-order valence-electron chi connectivity index (χ1n) is 6.89. The summed E-state index contributed by atoms with van der Waals surface area (Å²) in [7, 11) is 1.55. The molecular formula is C16H18N2O3. The van der Waals surface area contributed by atoms with E-state index in [1.54, 1.807) is 19.2 Å². The topological polar surface area (TPSA) is 71.3 Å². The molecule has 1 saturated heterocycles. The number of methoxy groups -OCH3 is 1. The van der Waals surface area contributed by atoms with Crippen LogP contribution in [0.1, 0.15) is 18.4 Å². The molecule has 2 rings (SSSR count). The Morgan fingerprint density at radius 3 is 3.05 bits per heavy atom. The molecule has 1 atom stereocenters. The Labute approximate surface area is 124 Å². The van der Waals surface area contributed by atoms with Crippen molar-refractivity contribution < 1.29 is 14.3 Å². The lowest BCUT2D eigenvalue weighted by Crippen LogP contribution is -2.32. The zero-order valence-electron chi connectivity index (χ0n) is 12.0. The van der Waals surface area contributed by atoms with Crippen LogP contribution >= 0.6 is 0 Å². The summed E-state index contributed by atoms with van der Waals surface area (Å²) < 4.78 is 10.6. The maximum absolute atomic E-state index is 12.0. The number of nitrogens with one attached hydrogen (secondary N) is 1. The lowest BCUT2D eigenvalue weighted by atomic mass is 10.1. The molecule has 0 aromatic heterocycles. The van der Waals surface area contributed by atoms with Crippen molar-refractivity contribution in [3.63, 3.8) is 0 Å². The van der Waals surface area contributed by atoms with Gasteiger partial charge in [-0.2, -0.15) is 5.26 Å². The molecule has 0 radical (unpaired) electrons. The van der Waals surface area contributed by atoms with E-state index in [1.165, 1.54) is 6.08 Å². The van der Waals surface area contributed by atoms with Crippen LogP contribution in [-0.4, -0.2) is 32.3 Å². The molecular weight excluding hydrogens is 268 g/mol. The van der Waals surface area contributed by atoms with Crippen molar-refractivity contribution in [2.24, 2.45) is 0 Å². The first-order chi connectivity index (χ1) is 10.2. The molecule has 5 heteroatoms. The Bertz CT molecular complexity index is 569. The van der Waals surface area contributed by atoms with Gasteiger partial charge in [0.15, 0.2) is 0 Å². The fourth-order valence-electron chi connectivity index (χ4n) is 2.20. The first-order valence-corrected chi connectivity index (χ1v) is 6.89. The molecule has 1 heterocycles. The molecule has 0 saturated carbocycles. The van der Waals surface area contributed by atoms with Crippen molar-refractivity contribution in [1.29, 1.82) is 5.26 Å². The van der Waals surface area contributed by atoms with Crippen LogP contribution in [0.15, 0.2) is 29.8 Å². The Hall–Kier alpha value is -2.32. The number of nitrogens with zero attached hydrogens (tertiary/aromatic N) is 1. The van der Waals surface area contributed by atoms with Gasteiger partial charge in [0.25, 0.3) is 5.91 Å². The number of hydrogen-bond donors (Lipinski definition) is 1. The first kappa shape index (κ1) is 15.1. The number of amides is 1. The third-order valence-corrected chi connectivity index (χ3v) is 3.32. The number of rotatable bonds is 5. The average molecular weight is 286 g/mol. The molecule has 1 aliphatic heterocycles. The number of hydrogen-bond acceptors (Lipinski definition) is 4. The van der Waals surface area contributed by atoms with Crippen molar-refractivity contribution in [3.8, 4) is 11.8 Å². The summed E-state index contributed by atoms with van der Waals surface area (Å²) in [5, 5.41) is 11.9. The van der Waals surface area contributed by atoms with Crippen LogP contribution in [0, 0.1) is 11.3 Å². The number of para-hydroxylation sites is 1. The summed E-state index contributed by atoms with van der Waals surface area (Å²) in [5.74, 6) is 0.232. The maximum Gasteiger partial charge on any atom is 0.262 e. The highest BCUT2D eigenvalue weighted by molar-refractivity contribution is 6.01. The number of carbonyl (C=O) groups excluding carboxylic acids is 1. The van der Waals surface area contributed by atoms with E-state index in [0.29, 0.717) is 17.9 Å². The predicted molar refractivity (Wildman–Crippen MR) is 78.6 cm³/mol. The maximum atomic E-state index is 12.0. The SMILES string of the molecule is COc1ccccc1C=C(C#N)C(=O)NCC1CCCO1. The molecule has 0 spiro atoms. The monoisotopic (exact) mass is 286 g/mol. The van der Waals surface area contributed by atoms with Crippen molar-refractivity contribution in [2.45, 2.75) is 18.9 Å². The molecule has 1 aromatic carbocycles. The van der Waals surface area contributed by atoms with Gasteiger partial charge in [-0.05, 0) is 25.0 Å². The quantitative estimate of drug-likeness (QED) is 0.663. The van der Waals surface area contributed by atoms with Crippen molar-refractivity contribution in [3.05, 3.63) is 35.4 Å². The Kier molecular flexibility index (Phi) is 5.35. The fraction of sp³-hybridized carbons (Fsp3) is 0.375. The molecule has 0 bridgehead atoms. The van der Waals surface area contributed by atoms with Gasteiger partial charge in [-0.25, -0.2) is 0 Å². The number of ether oxygens (including phenoxy) is 2. The molecule has 110 valence electrons. The van der Waals surface area contributed by atoms with Gasteiger partial charge in [0, 0.05) is 18.7 Å². The Morgan fingerprint density at radius 1 is 1.57 bits per heavy atom. The predicted octanol–water partition coefficient (Wildman–Crippen LogP) is 1.90. The smallest absolute Gasteiger partial charge is 0.262 e. The number of benzene rings is 1.